The molecule has 0 radical (unpaired) electrons. The molecular formula is C15H18O. The minimum Gasteiger partial charge on any atom is -0.295 e. The van der Waals surface area contributed by atoms with Crippen LogP contribution < -0.4 is 0 Å². The quantitative estimate of drug-likeness (QED) is 0.735. The molecule has 2 atom stereocenters. The van der Waals surface area contributed by atoms with Crippen molar-refractivity contribution >= 4 is 11.4 Å². The second kappa shape index (κ2) is 4.25. The molecule has 1 nitrogen and oxygen atoms in total. The molecule has 1 heteroatoms. The first kappa shape index (κ1) is 11.1. The largest absolute Gasteiger partial charge is 0.295 e. The summed E-state index contributed by atoms with van der Waals surface area (Å²) in [6.07, 6.45) is 1.84. The highest BCUT2D eigenvalue weighted by atomic mass is 16.1. The Bertz CT molecular complexity index is 414. The first-order valence-corrected chi connectivity index (χ1v) is 5.92. The predicted molar refractivity (Wildman–Crippen MR) is 66.9 cm³/mol. The monoisotopic (exact) mass is 214 g/mol. The van der Waals surface area contributed by atoms with Gasteiger partial charge in [-0.1, -0.05) is 51.1 Å². The molecule has 0 fully saturated rings. The maximum Gasteiger partial charge on any atom is 0.159 e. The Morgan fingerprint density at radius 1 is 1.12 bits per heavy atom. The molecule has 84 valence electrons. The van der Waals surface area contributed by atoms with Crippen LogP contribution in [0.15, 0.2) is 36.4 Å². The van der Waals surface area contributed by atoms with E-state index in [2.05, 4.69) is 26.0 Å². The molecule has 0 spiro atoms. The molecular weight excluding hydrogens is 196 g/mol. The van der Waals surface area contributed by atoms with Gasteiger partial charge in [0.1, 0.15) is 0 Å². The van der Waals surface area contributed by atoms with Crippen LogP contribution in [0.4, 0.5) is 0 Å². The lowest BCUT2D eigenvalue weighted by molar-refractivity contribution is -0.118. The fraction of sp³-hybridized carbons (Fsp3) is 0.400. The molecule has 2 unspecified atom stereocenters. The summed E-state index contributed by atoms with van der Waals surface area (Å²) < 4.78 is 0. The fourth-order valence-corrected chi connectivity index (χ4v) is 2.67. The highest BCUT2D eigenvalue weighted by Gasteiger charge is 2.35. The zero-order valence-electron chi connectivity index (χ0n) is 10.1. The fourth-order valence-electron chi connectivity index (χ4n) is 2.67. The zero-order valence-corrected chi connectivity index (χ0v) is 10.1. The summed E-state index contributed by atoms with van der Waals surface area (Å²) in [5.41, 5.74) is 2.41. The Morgan fingerprint density at radius 2 is 1.75 bits per heavy atom. The summed E-state index contributed by atoms with van der Waals surface area (Å²) >= 11 is 0. The van der Waals surface area contributed by atoms with Crippen molar-refractivity contribution in [3.63, 3.8) is 0 Å². The van der Waals surface area contributed by atoms with Crippen LogP contribution in [0.5, 0.6) is 0 Å². The van der Waals surface area contributed by atoms with Gasteiger partial charge in [0.2, 0.25) is 0 Å². The molecule has 0 amide bonds. The van der Waals surface area contributed by atoms with Crippen molar-refractivity contribution in [3.05, 3.63) is 42.0 Å². The lowest BCUT2D eigenvalue weighted by Crippen LogP contribution is -2.18. The number of carbonyl (C=O) groups is 1. The van der Waals surface area contributed by atoms with E-state index in [0.717, 1.165) is 0 Å². The van der Waals surface area contributed by atoms with E-state index in [9.17, 15) is 4.79 Å². The van der Waals surface area contributed by atoms with Gasteiger partial charge in [0.25, 0.3) is 0 Å². The number of allylic oxidation sites excluding steroid dienone is 2. The van der Waals surface area contributed by atoms with Crippen LogP contribution in [0.1, 0.15) is 26.3 Å². The van der Waals surface area contributed by atoms with Crippen LogP contribution >= 0.6 is 0 Å². The summed E-state index contributed by atoms with van der Waals surface area (Å²) in [6.45, 7) is 6.42. The van der Waals surface area contributed by atoms with Gasteiger partial charge in [0, 0.05) is 5.92 Å². The average Bonchev–Trinajstić information content (AvgIpc) is 2.57. The van der Waals surface area contributed by atoms with E-state index in [1.807, 2.05) is 31.2 Å². The number of carbonyl (C=O) groups excluding carboxylic acids is 1. The van der Waals surface area contributed by atoms with Crippen molar-refractivity contribution in [3.8, 4) is 0 Å². The molecule has 1 aromatic rings. The van der Waals surface area contributed by atoms with Crippen LogP contribution in [-0.4, -0.2) is 5.78 Å². The maximum atomic E-state index is 11.8. The van der Waals surface area contributed by atoms with Crippen LogP contribution in [0.2, 0.25) is 0 Å². The van der Waals surface area contributed by atoms with Crippen LogP contribution in [0.3, 0.4) is 0 Å². The summed E-state index contributed by atoms with van der Waals surface area (Å²) in [5, 5.41) is 0. The number of hydrogen-bond donors (Lipinski definition) is 0. The molecule has 0 bridgehead atoms. The first-order valence-electron chi connectivity index (χ1n) is 5.92. The average molecular weight is 214 g/mol. The van der Waals surface area contributed by atoms with Crippen molar-refractivity contribution in [1.29, 1.82) is 0 Å². The van der Waals surface area contributed by atoms with E-state index in [-0.39, 0.29) is 11.7 Å². The Labute approximate surface area is 97.2 Å². The molecule has 0 saturated heterocycles. The third-order valence-corrected chi connectivity index (χ3v) is 3.47. The Kier molecular flexibility index (Phi) is 2.95. The van der Waals surface area contributed by atoms with E-state index < -0.39 is 0 Å². The maximum absolute atomic E-state index is 11.8. The van der Waals surface area contributed by atoms with E-state index in [4.69, 9.17) is 0 Å². The van der Waals surface area contributed by atoms with Crippen LogP contribution in [-0.2, 0) is 4.79 Å². The van der Waals surface area contributed by atoms with Gasteiger partial charge in [0.15, 0.2) is 5.78 Å². The van der Waals surface area contributed by atoms with E-state index in [1.165, 1.54) is 11.1 Å². The Morgan fingerprint density at radius 3 is 2.31 bits per heavy atom. The highest BCUT2D eigenvalue weighted by molar-refractivity contribution is 6.04. The van der Waals surface area contributed by atoms with E-state index in [1.54, 1.807) is 0 Å². The lowest BCUT2D eigenvalue weighted by atomic mass is 9.80. The third kappa shape index (κ3) is 1.82. The summed E-state index contributed by atoms with van der Waals surface area (Å²) in [7, 11) is 0. The van der Waals surface area contributed by atoms with Gasteiger partial charge in [-0.25, -0.2) is 0 Å². The molecule has 0 aliphatic heterocycles. The molecule has 0 aromatic heterocycles. The van der Waals surface area contributed by atoms with Crippen molar-refractivity contribution in [2.24, 2.45) is 17.8 Å². The second-order valence-corrected chi connectivity index (χ2v) is 4.93. The summed E-state index contributed by atoms with van der Waals surface area (Å²) in [4.78, 5) is 11.8. The number of benzene rings is 1. The van der Waals surface area contributed by atoms with Gasteiger partial charge in [-0.15, -0.1) is 0 Å². The van der Waals surface area contributed by atoms with Gasteiger partial charge in [-0.2, -0.15) is 0 Å². The molecule has 0 N–H and O–H groups in total. The van der Waals surface area contributed by atoms with Crippen LogP contribution in [0, 0.1) is 17.8 Å². The topological polar surface area (TPSA) is 17.1 Å². The van der Waals surface area contributed by atoms with Crippen molar-refractivity contribution in [1.82, 2.24) is 0 Å². The van der Waals surface area contributed by atoms with Gasteiger partial charge in [0.05, 0.1) is 0 Å². The van der Waals surface area contributed by atoms with Gasteiger partial charge in [-0.3, -0.25) is 4.79 Å². The van der Waals surface area contributed by atoms with Gasteiger partial charge in [-0.05, 0) is 29.0 Å². The zero-order chi connectivity index (χ0) is 11.7. The first-order chi connectivity index (χ1) is 7.61. The SMILES string of the molecule is CC(C)C1C(c2ccccc2)=CC(=O)C1C. The molecule has 2 rings (SSSR count). The van der Waals surface area contributed by atoms with Crippen LogP contribution in [0.25, 0.3) is 5.57 Å². The third-order valence-electron chi connectivity index (χ3n) is 3.47. The Balaban J connectivity index is 2.40. The van der Waals surface area contributed by atoms with Gasteiger partial charge >= 0.3 is 0 Å². The molecule has 0 heterocycles. The van der Waals surface area contributed by atoms with Crippen molar-refractivity contribution in [2.45, 2.75) is 20.8 Å². The smallest absolute Gasteiger partial charge is 0.159 e. The number of ketones is 1. The molecule has 16 heavy (non-hydrogen) atoms. The normalized spacial score (nSPS) is 25.0. The highest BCUT2D eigenvalue weighted by Crippen LogP contribution is 2.40. The molecule has 1 aliphatic carbocycles. The molecule has 1 aromatic carbocycles. The second-order valence-electron chi connectivity index (χ2n) is 4.93. The minimum absolute atomic E-state index is 0.134. The molecule has 0 saturated carbocycles. The predicted octanol–water partition coefficient (Wildman–Crippen LogP) is 3.56. The standard InChI is InChI=1S/C15H18O/c1-10(2)15-11(3)14(16)9-13(15)12-7-5-4-6-8-12/h4-11,15H,1-3H3. The van der Waals surface area contributed by atoms with E-state index >= 15 is 0 Å². The number of rotatable bonds is 2. The lowest BCUT2D eigenvalue weighted by Gasteiger charge is -2.23. The van der Waals surface area contributed by atoms with Crippen molar-refractivity contribution in [2.75, 3.05) is 0 Å². The van der Waals surface area contributed by atoms with Crippen molar-refractivity contribution < 1.29 is 4.79 Å². The van der Waals surface area contributed by atoms with Gasteiger partial charge < -0.3 is 0 Å². The summed E-state index contributed by atoms with van der Waals surface area (Å²) in [5.74, 6) is 1.29. The van der Waals surface area contributed by atoms with E-state index in [0.29, 0.717) is 11.8 Å². The molecule has 1 aliphatic rings. The Hall–Kier alpha value is -1.37. The number of hydrogen-bond acceptors (Lipinski definition) is 1. The summed E-state index contributed by atoms with van der Waals surface area (Å²) in [6, 6.07) is 10.2. The minimum atomic E-state index is 0.134.